The van der Waals surface area contributed by atoms with E-state index in [1.54, 1.807) is 19.9 Å². The lowest BCUT2D eigenvalue weighted by molar-refractivity contribution is -0.137. The van der Waals surface area contributed by atoms with E-state index in [2.05, 4.69) is 0 Å². The predicted molar refractivity (Wildman–Crippen MR) is 65.7 cm³/mol. The van der Waals surface area contributed by atoms with E-state index in [-0.39, 0.29) is 0 Å². The van der Waals surface area contributed by atoms with Gasteiger partial charge in [0, 0.05) is 5.56 Å². The third-order valence-electron chi connectivity index (χ3n) is 3.17. The highest BCUT2D eigenvalue weighted by molar-refractivity contribution is 5.40. The Morgan fingerprint density at radius 3 is 2.26 bits per heavy atom. The van der Waals surface area contributed by atoms with Crippen molar-refractivity contribution in [1.29, 1.82) is 0 Å². The van der Waals surface area contributed by atoms with Gasteiger partial charge in [-0.25, -0.2) is 0 Å². The molecule has 0 saturated carbocycles. The fourth-order valence-corrected chi connectivity index (χ4v) is 2.09. The Bertz CT molecular complexity index is 587. The van der Waals surface area contributed by atoms with Crippen molar-refractivity contribution in [3.8, 4) is 0 Å². The summed E-state index contributed by atoms with van der Waals surface area (Å²) >= 11 is 0. The van der Waals surface area contributed by atoms with Crippen molar-refractivity contribution >= 4 is 0 Å². The smallest absolute Gasteiger partial charge is 0.416 e. The molecule has 1 aromatic carbocycles. The van der Waals surface area contributed by atoms with Gasteiger partial charge in [-0.3, -0.25) is 0 Å². The zero-order chi connectivity index (χ0) is 14.2. The van der Waals surface area contributed by atoms with E-state index in [0.717, 1.165) is 17.7 Å². The molecule has 2 N–H and O–H groups in total. The van der Waals surface area contributed by atoms with Gasteiger partial charge in [0.1, 0.15) is 5.76 Å². The molecule has 2 rings (SSSR count). The number of aryl methyl sites for hydroxylation is 2. The standard InChI is InChI=1S/C14H14F3NO/c1-8-7-10(14(15,16)17)3-4-11(8)13(18)12-5-6-19-9(12)2/h3-7,13H,18H2,1-2H3. The van der Waals surface area contributed by atoms with Crippen LogP contribution in [0.3, 0.4) is 0 Å². The molecule has 1 atom stereocenters. The lowest BCUT2D eigenvalue weighted by Crippen LogP contribution is -2.14. The molecule has 0 spiro atoms. The number of hydrogen-bond acceptors (Lipinski definition) is 2. The molecule has 0 radical (unpaired) electrons. The van der Waals surface area contributed by atoms with Gasteiger partial charge in [0.05, 0.1) is 17.9 Å². The van der Waals surface area contributed by atoms with Crippen LogP contribution in [0.2, 0.25) is 0 Å². The Morgan fingerprint density at radius 2 is 1.79 bits per heavy atom. The molecule has 0 saturated heterocycles. The first-order valence-corrected chi connectivity index (χ1v) is 5.78. The lowest BCUT2D eigenvalue weighted by atomic mass is 9.94. The van der Waals surface area contributed by atoms with Crippen molar-refractivity contribution in [1.82, 2.24) is 0 Å². The molecule has 0 fully saturated rings. The molecule has 5 heteroatoms. The Hall–Kier alpha value is -1.75. The Labute approximate surface area is 109 Å². The third kappa shape index (κ3) is 2.66. The Kier molecular flexibility index (Phi) is 3.41. The van der Waals surface area contributed by atoms with Crippen LogP contribution in [0.4, 0.5) is 13.2 Å². The van der Waals surface area contributed by atoms with Crippen molar-refractivity contribution in [3.05, 3.63) is 58.5 Å². The van der Waals surface area contributed by atoms with Gasteiger partial charge in [0.15, 0.2) is 0 Å². The number of alkyl halides is 3. The minimum Gasteiger partial charge on any atom is -0.469 e. The number of nitrogens with two attached hydrogens (primary N) is 1. The van der Waals surface area contributed by atoms with Crippen LogP contribution in [0.1, 0.15) is 34.1 Å². The molecule has 1 unspecified atom stereocenters. The number of hydrogen-bond donors (Lipinski definition) is 1. The quantitative estimate of drug-likeness (QED) is 0.896. The van der Waals surface area contributed by atoms with Gasteiger partial charge in [-0.1, -0.05) is 6.07 Å². The SMILES string of the molecule is Cc1cc(C(F)(F)F)ccc1C(N)c1ccoc1C. The molecule has 102 valence electrons. The second kappa shape index (κ2) is 4.74. The van der Waals surface area contributed by atoms with E-state index in [1.165, 1.54) is 12.3 Å². The molecule has 2 nitrogen and oxygen atoms in total. The van der Waals surface area contributed by atoms with Gasteiger partial charge >= 0.3 is 6.18 Å². The Morgan fingerprint density at radius 1 is 1.11 bits per heavy atom. The zero-order valence-corrected chi connectivity index (χ0v) is 10.6. The topological polar surface area (TPSA) is 39.2 Å². The van der Waals surface area contributed by atoms with E-state index in [0.29, 0.717) is 16.9 Å². The highest BCUT2D eigenvalue weighted by Crippen LogP contribution is 2.33. The van der Waals surface area contributed by atoms with Crippen molar-refractivity contribution in [3.63, 3.8) is 0 Å². The normalized spacial score (nSPS) is 13.6. The molecule has 0 aliphatic heterocycles. The van der Waals surface area contributed by atoms with Crippen LogP contribution in [0, 0.1) is 13.8 Å². The average Bonchev–Trinajstić information content (AvgIpc) is 2.73. The molecule has 19 heavy (non-hydrogen) atoms. The fraction of sp³-hybridized carbons (Fsp3) is 0.286. The molecular formula is C14H14F3NO. The highest BCUT2D eigenvalue weighted by Gasteiger charge is 2.31. The summed E-state index contributed by atoms with van der Waals surface area (Å²) in [6, 6.07) is 4.84. The minimum absolute atomic E-state index is 0.485. The van der Waals surface area contributed by atoms with Gasteiger partial charge < -0.3 is 10.2 Å². The number of furan rings is 1. The number of benzene rings is 1. The third-order valence-corrected chi connectivity index (χ3v) is 3.17. The van der Waals surface area contributed by atoms with Crippen LogP contribution in [-0.2, 0) is 6.18 Å². The number of rotatable bonds is 2. The first-order valence-electron chi connectivity index (χ1n) is 5.78. The minimum atomic E-state index is -4.33. The lowest BCUT2D eigenvalue weighted by Gasteiger charge is -2.16. The van der Waals surface area contributed by atoms with Crippen LogP contribution in [0.15, 0.2) is 34.9 Å². The first kappa shape index (κ1) is 13.7. The molecule has 0 amide bonds. The average molecular weight is 269 g/mol. The van der Waals surface area contributed by atoms with Crippen LogP contribution >= 0.6 is 0 Å². The van der Waals surface area contributed by atoms with Crippen LogP contribution in [-0.4, -0.2) is 0 Å². The molecule has 1 aromatic heterocycles. The summed E-state index contributed by atoms with van der Waals surface area (Å²) in [7, 11) is 0. The van der Waals surface area contributed by atoms with Crippen molar-refractivity contribution in [2.24, 2.45) is 5.73 Å². The van der Waals surface area contributed by atoms with Gasteiger partial charge in [-0.2, -0.15) is 13.2 Å². The monoisotopic (exact) mass is 269 g/mol. The summed E-state index contributed by atoms with van der Waals surface area (Å²) < 4.78 is 42.9. The largest absolute Gasteiger partial charge is 0.469 e. The van der Waals surface area contributed by atoms with Crippen LogP contribution in [0.5, 0.6) is 0 Å². The molecule has 0 bridgehead atoms. The van der Waals surface area contributed by atoms with E-state index < -0.39 is 17.8 Å². The molecule has 2 aromatic rings. The fourth-order valence-electron chi connectivity index (χ4n) is 2.09. The maximum Gasteiger partial charge on any atom is 0.416 e. The summed E-state index contributed by atoms with van der Waals surface area (Å²) in [5, 5.41) is 0. The van der Waals surface area contributed by atoms with Gasteiger partial charge in [-0.15, -0.1) is 0 Å². The molecular weight excluding hydrogens is 255 g/mol. The van der Waals surface area contributed by atoms with E-state index in [1.807, 2.05) is 0 Å². The number of halogens is 3. The highest BCUT2D eigenvalue weighted by atomic mass is 19.4. The van der Waals surface area contributed by atoms with E-state index in [4.69, 9.17) is 10.2 Å². The maximum atomic E-state index is 12.6. The van der Waals surface area contributed by atoms with E-state index in [9.17, 15) is 13.2 Å². The van der Waals surface area contributed by atoms with Crippen molar-refractivity contribution in [2.45, 2.75) is 26.1 Å². The van der Waals surface area contributed by atoms with Gasteiger partial charge in [-0.05, 0) is 43.2 Å². The maximum absolute atomic E-state index is 12.6. The first-order chi connectivity index (χ1) is 8.80. The summed E-state index contributed by atoms with van der Waals surface area (Å²) in [6.07, 6.45) is -2.82. The summed E-state index contributed by atoms with van der Waals surface area (Å²) in [6.45, 7) is 3.40. The van der Waals surface area contributed by atoms with Gasteiger partial charge in [0.25, 0.3) is 0 Å². The van der Waals surface area contributed by atoms with Gasteiger partial charge in [0.2, 0.25) is 0 Å². The van der Waals surface area contributed by atoms with Crippen LogP contribution < -0.4 is 5.73 Å². The van der Waals surface area contributed by atoms with Crippen molar-refractivity contribution in [2.75, 3.05) is 0 Å². The predicted octanol–water partition coefficient (Wildman–Crippen LogP) is 3.96. The summed E-state index contributed by atoms with van der Waals surface area (Å²) in [4.78, 5) is 0. The van der Waals surface area contributed by atoms with Crippen LogP contribution in [0.25, 0.3) is 0 Å². The molecule has 1 heterocycles. The second-order valence-electron chi connectivity index (χ2n) is 4.48. The van der Waals surface area contributed by atoms with Crippen molar-refractivity contribution < 1.29 is 17.6 Å². The molecule has 0 aliphatic rings. The van der Waals surface area contributed by atoms with E-state index >= 15 is 0 Å². The molecule has 0 aliphatic carbocycles. The summed E-state index contributed by atoms with van der Waals surface area (Å²) in [5.74, 6) is 0.673. The Balaban J connectivity index is 2.39. The zero-order valence-electron chi connectivity index (χ0n) is 10.6. The summed E-state index contributed by atoms with van der Waals surface area (Å²) in [5.41, 5.74) is 7.38. The second-order valence-corrected chi connectivity index (χ2v) is 4.48.